The zero-order valence-corrected chi connectivity index (χ0v) is 16.7. The Morgan fingerprint density at radius 2 is 2.03 bits per heavy atom. The van der Waals surface area contributed by atoms with E-state index in [2.05, 4.69) is 22.1 Å². The zero-order chi connectivity index (χ0) is 21.3. The average molecular weight is 421 g/mol. The number of allylic oxidation sites excluding steroid dienone is 3. The highest BCUT2D eigenvalue weighted by molar-refractivity contribution is 8.03. The molecule has 0 saturated carbocycles. The van der Waals surface area contributed by atoms with Crippen molar-refractivity contribution in [2.24, 2.45) is 0 Å². The molecule has 6 nitrogen and oxygen atoms in total. The van der Waals surface area contributed by atoms with E-state index in [0.29, 0.717) is 10.5 Å². The predicted molar refractivity (Wildman–Crippen MR) is 110 cm³/mol. The first-order valence-corrected chi connectivity index (χ1v) is 9.86. The summed E-state index contributed by atoms with van der Waals surface area (Å²) in [6.45, 7) is 1.49. The number of carbonyl (C=O) groups excluding carboxylic acids is 2. The predicted octanol–water partition coefficient (Wildman–Crippen LogP) is 2.89. The molecule has 1 aliphatic carbocycles. The van der Waals surface area contributed by atoms with Gasteiger partial charge in [-0.3, -0.25) is 14.9 Å². The number of urea groups is 1. The normalized spacial score (nSPS) is 19.6. The van der Waals surface area contributed by atoms with E-state index < -0.39 is 23.3 Å². The molecule has 150 valence electrons. The molecule has 1 aromatic heterocycles. The number of aryl methyl sites for hydroxylation is 1. The van der Waals surface area contributed by atoms with Gasteiger partial charge in [-0.2, -0.15) is 0 Å². The van der Waals surface area contributed by atoms with Gasteiger partial charge in [-0.15, -0.1) is 0 Å². The number of benzene rings is 1. The van der Waals surface area contributed by atoms with Crippen molar-refractivity contribution in [3.05, 3.63) is 98.4 Å². The molecule has 2 heterocycles. The largest absolute Gasteiger partial charge is 0.322 e. The van der Waals surface area contributed by atoms with E-state index in [1.54, 1.807) is 49.4 Å². The molecule has 1 aliphatic heterocycles. The van der Waals surface area contributed by atoms with E-state index in [1.165, 1.54) is 28.6 Å². The quantitative estimate of drug-likeness (QED) is 0.575. The Hall–Kier alpha value is -3.57. The second-order valence-corrected chi connectivity index (χ2v) is 7.97. The summed E-state index contributed by atoms with van der Waals surface area (Å²) < 4.78 is 16.2. The highest BCUT2D eigenvalue weighted by atomic mass is 32.2. The molecule has 3 amide bonds. The minimum atomic E-state index is -1.60. The number of rotatable bonds is 5. The topological polar surface area (TPSA) is 80.2 Å². The van der Waals surface area contributed by atoms with Crippen LogP contribution in [0.25, 0.3) is 0 Å². The third-order valence-electron chi connectivity index (χ3n) is 4.84. The van der Waals surface area contributed by atoms with Crippen molar-refractivity contribution >= 4 is 23.7 Å². The van der Waals surface area contributed by atoms with Gasteiger partial charge < -0.3 is 9.88 Å². The maximum absolute atomic E-state index is 14.9. The lowest BCUT2D eigenvalue weighted by molar-refractivity contribution is -0.124. The van der Waals surface area contributed by atoms with Crippen molar-refractivity contribution in [1.29, 1.82) is 0 Å². The third kappa shape index (κ3) is 3.55. The van der Waals surface area contributed by atoms with Crippen molar-refractivity contribution in [2.75, 3.05) is 0 Å². The number of hydrogen-bond donors (Lipinski definition) is 2. The molecule has 0 spiro atoms. The molecule has 2 aliphatic rings. The minimum absolute atomic E-state index is 0.166. The Kier molecular flexibility index (Phi) is 5.06. The fourth-order valence-electron chi connectivity index (χ4n) is 3.31. The number of imide groups is 1. The Balaban J connectivity index is 1.73. The van der Waals surface area contributed by atoms with E-state index in [4.69, 9.17) is 0 Å². The van der Waals surface area contributed by atoms with E-state index in [0.717, 1.165) is 4.91 Å². The van der Waals surface area contributed by atoms with E-state index in [1.807, 2.05) is 0 Å². The van der Waals surface area contributed by atoms with E-state index >= 15 is 0 Å². The van der Waals surface area contributed by atoms with Gasteiger partial charge >= 0.3 is 6.03 Å². The van der Waals surface area contributed by atoms with Crippen molar-refractivity contribution in [1.82, 2.24) is 15.2 Å². The van der Waals surface area contributed by atoms with Gasteiger partial charge in [0.2, 0.25) is 0 Å². The number of nitrogens with one attached hydrogen (secondary N) is 2. The van der Waals surface area contributed by atoms with Gasteiger partial charge in [-0.25, -0.2) is 9.18 Å². The maximum atomic E-state index is 14.9. The van der Waals surface area contributed by atoms with Crippen molar-refractivity contribution < 1.29 is 14.0 Å². The van der Waals surface area contributed by atoms with Crippen LogP contribution in [0, 0.1) is 12.7 Å². The SMILES string of the molecule is Cc1cccn(CC2(c3ccc(SC4=CC=C=C=C4)c(F)c3)NC(=O)NC2=O)c1=O. The number of hydrogen-bond acceptors (Lipinski definition) is 4. The Labute approximate surface area is 175 Å². The van der Waals surface area contributed by atoms with E-state index in [9.17, 15) is 18.8 Å². The Morgan fingerprint density at radius 1 is 1.20 bits per heavy atom. The molecule has 2 aromatic rings. The second kappa shape index (κ2) is 7.69. The average Bonchev–Trinajstić information content (AvgIpc) is 3.01. The summed E-state index contributed by atoms with van der Waals surface area (Å²) in [6.07, 6.45) is 6.68. The Bertz CT molecular complexity index is 1270. The molecule has 30 heavy (non-hydrogen) atoms. The molecular weight excluding hydrogens is 405 g/mol. The first-order chi connectivity index (χ1) is 14.4. The standard InChI is InChI=1S/C22H16FN3O3S/c1-14-6-5-11-26(19(14)27)13-22(20(28)24-21(29)25-22)15-9-10-18(17(23)12-15)30-16-7-3-2-4-8-16/h3,5-12H,13H2,1H3,(H2,24,25,28,29). The third-order valence-corrected chi connectivity index (χ3v) is 5.88. The highest BCUT2D eigenvalue weighted by Crippen LogP contribution is 2.34. The molecule has 1 aromatic carbocycles. The molecule has 1 saturated heterocycles. The highest BCUT2D eigenvalue weighted by Gasteiger charge is 2.48. The number of pyridine rings is 1. The van der Waals surface area contributed by atoms with Crippen LogP contribution < -0.4 is 16.2 Å². The van der Waals surface area contributed by atoms with Crippen molar-refractivity contribution in [3.63, 3.8) is 0 Å². The van der Waals surface area contributed by atoms with Crippen LogP contribution in [0.4, 0.5) is 9.18 Å². The number of halogens is 1. The first-order valence-electron chi connectivity index (χ1n) is 9.04. The zero-order valence-electron chi connectivity index (χ0n) is 15.9. The number of carbonyl (C=O) groups is 2. The van der Waals surface area contributed by atoms with Gasteiger partial charge in [0, 0.05) is 27.6 Å². The number of amides is 3. The van der Waals surface area contributed by atoms with Crippen LogP contribution in [0.15, 0.2) is 80.8 Å². The van der Waals surface area contributed by atoms with Crippen LogP contribution in [-0.4, -0.2) is 16.5 Å². The smallest absolute Gasteiger partial charge is 0.318 e. The van der Waals surface area contributed by atoms with Crippen molar-refractivity contribution in [2.45, 2.75) is 23.9 Å². The molecule has 8 heteroatoms. The minimum Gasteiger partial charge on any atom is -0.318 e. The van der Waals surface area contributed by atoms with Crippen molar-refractivity contribution in [3.8, 4) is 0 Å². The van der Waals surface area contributed by atoms with E-state index in [-0.39, 0.29) is 17.7 Å². The van der Waals surface area contributed by atoms with Gasteiger partial charge in [0.1, 0.15) is 5.82 Å². The summed E-state index contributed by atoms with van der Waals surface area (Å²) in [7, 11) is 0. The number of thioether (sulfide) groups is 1. The van der Waals surface area contributed by atoms with Gasteiger partial charge in [0.05, 0.1) is 6.54 Å². The van der Waals surface area contributed by atoms with Crippen LogP contribution >= 0.6 is 11.8 Å². The molecular formula is C22H16FN3O3S. The fourth-order valence-corrected chi connectivity index (χ4v) is 4.11. The molecule has 1 unspecified atom stereocenters. The molecule has 1 atom stereocenters. The molecule has 4 rings (SSSR count). The summed E-state index contributed by atoms with van der Waals surface area (Å²) in [5, 5.41) is 4.78. The summed E-state index contributed by atoms with van der Waals surface area (Å²) in [6, 6.07) is 6.97. The van der Waals surface area contributed by atoms with Gasteiger partial charge in [0.25, 0.3) is 11.5 Å². The summed E-state index contributed by atoms with van der Waals surface area (Å²) in [5.74, 6) is -1.19. The number of aromatic nitrogens is 1. The summed E-state index contributed by atoms with van der Waals surface area (Å²) in [4.78, 5) is 38.3. The lowest BCUT2D eigenvalue weighted by Gasteiger charge is -2.28. The van der Waals surface area contributed by atoms with Gasteiger partial charge in [-0.05, 0) is 42.8 Å². The van der Waals surface area contributed by atoms with Crippen LogP contribution in [-0.2, 0) is 16.9 Å². The molecule has 2 N–H and O–H groups in total. The fraction of sp³-hybridized carbons (Fsp3) is 0.136. The monoisotopic (exact) mass is 421 g/mol. The van der Waals surface area contributed by atoms with Crippen LogP contribution in [0.2, 0.25) is 0 Å². The summed E-state index contributed by atoms with van der Waals surface area (Å²) in [5.41, 5.74) is 4.43. The molecule has 0 bridgehead atoms. The molecule has 0 radical (unpaired) electrons. The summed E-state index contributed by atoms with van der Waals surface area (Å²) >= 11 is 1.20. The lowest BCUT2D eigenvalue weighted by atomic mass is 9.89. The lowest BCUT2D eigenvalue weighted by Crippen LogP contribution is -2.49. The molecule has 1 fully saturated rings. The number of nitrogens with zero attached hydrogens (tertiary/aromatic N) is 1. The van der Waals surface area contributed by atoms with Gasteiger partial charge in [0.15, 0.2) is 5.54 Å². The van der Waals surface area contributed by atoms with Crippen LogP contribution in [0.3, 0.4) is 0 Å². The van der Waals surface area contributed by atoms with Crippen LogP contribution in [0.5, 0.6) is 0 Å². The Morgan fingerprint density at radius 3 is 2.70 bits per heavy atom. The maximum Gasteiger partial charge on any atom is 0.322 e. The first kappa shape index (κ1) is 19.7. The van der Waals surface area contributed by atoms with Crippen LogP contribution in [0.1, 0.15) is 11.1 Å². The second-order valence-electron chi connectivity index (χ2n) is 6.85. The van der Waals surface area contributed by atoms with Gasteiger partial charge in [-0.1, -0.05) is 35.4 Å².